The van der Waals surface area contributed by atoms with E-state index in [0.717, 1.165) is 42.7 Å². The Morgan fingerprint density at radius 1 is 0.935 bits per heavy atom. The van der Waals surface area contributed by atoms with Crippen molar-refractivity contribution in [2.75, 3.05) is 31.1 Å². The van der Waals surface area contributed by atoms with Crippen molar-refractivity contribution in [3.63, 3.8) is 0 Å². The first-order chi connectivity index (χ1) is 15.2. The first kappa shape index (κ1) is 19.7. The molecule has 0 atom stereocenters. The van der Waals surface area contributed by atoms with Gasteiger partial charge in [-0.1, -0.05) is 42.5 Å². The zero-order chi connectivity index (χ0) is 21.2. The Labute approximate surface area is 186 Å². The van der Waals surface area contributed by atoms with E-state index in [1.807, 2.05) is 42.5 Å². The van der Waals surface area contributed by atoms with Crippen molar-refractivity contribution in [2.24, 2.45) is 4.99 Å². The van der Waals surface area contributed by atoms with E-state index in [1.54, 1.807) is 6.08 Å². The summed E-state index contributed by atoms with van der Waals surface area (Å²) in [6, 6.07) is 22.3. The number of benzene rings is 2. The predicted octanol–water partition coefficient (Wildman–Crippen LogP) is 5.05. The van der Waals surface area contributed by atoms with Gasteiger partial charge < -0.3 is 14.2 Å². The van der Waals surface area contributed by atoms with Gasteiger partial charge in [-0.15, -0.1) is 0 Å². The monoisotopic (exact) mass is 429 g/mol. The van der Waals surface area contributed by atoms with Crippen molar-refractivity contribution in [2.45, 2.75) is 6.92 Å². The van der Waals surface area contributed by atoms with Crippen LogP contribution in [0.1, 0.15) is 11.3 Å². The van der Waals surface area contributed by atoms with Gasteiger partial charge in [0.1, 0.15) is 11.5 Å². The number of amidine groups is 1. The van der Waals surface area contributed by atoms with Gasteiger partial charge in [-0.3, -0.25) is 4.79 Å². The second kappa shape index (κ2) is 8.47. The molecule has 0 saturated carbocycles. The number of piperazine rings is 1. The van der Waals surface area contributed by atoms with E-state index in [1.165, 1.54) is 23.0 Å². The molecule has 1 aromatic heterocycles. The molecule has 0 bridgehead atoms. The number of amides is 1. The van der Waals surface area contributed by atoms with Gasteiger partial charge in [-0.05, 0) is 48.5 Å². The predicted molar refractivity (Wildman–Crippen MR) is 127 cm³/mol. The van der Waals surface area contributed by atoms with Crippen molar-refractivity contribution in [1.82, 2.24) is 4.90 Å². The molecule has 0 radical (unpaired) electrons. The zero-order valence-electron chi connectivity index (χ0n) is 17.3. The molecule has 1 fully saturated rings. The fraction of sp³-hybridized carbons (Fsp3) is 0.200. The van der Waals surface area contributed by atoms with Gasteiger partial charge in [0.05, 0.1) is 4.91 Å². The maximum atomic E-state index is 12.5. The third-order valence-corrected chi connectivity index (χ3v) is 6.53. The fourth-order valence-electron chi connectivity index (χ4n) is 3.83. The molecule has 2 aliphatic rings. The highest BCUT2D eigenvalue weighted by molar-refractivity contribution is 8.18. The molecule has 0 spiro atoms. The first-order valence-electron chi connectivity index (χ1n) is 10.4. The number of rotatable bonds is 3. The highest BCUT2D eigenvalue weighted by Gasteiger charge is 2.28. The molecule has 0 unspecified atom stereocenters. The van der Waals surface area contributed by atoms with Crippen molar-refractivity contribution < 1.29 is 9.21 Å². The van der Waals surface area contributed by atoms with E-state index in [-0.39, 0.29) is 5.91 Å². The summed E-state index contributed by atoms with van der Waals surface area (Å²) in [5, 5.41) is 0.787. The number of hydrogen-bond donors (Lipinski definition) is 0. The molecule has 1 saturated heterocycles. The lowest BCUT2D eigenvalue weighted by Crippen LogP contribution is -2.47. The van der Waals surface area contributed by atoms with Crippen LogP contribution < -0.4 is 4.90 Å². The summed E-state index contributed by atoms with van der Waals surface area (Å²) in [4.78, 5) is 22.0. The van der Waals surface area contributed by atoms with Crippen LogP contribution in [0.25, 0.3) is 17.4 Å². The second-order valence-electron chi connectivity index (χ2n) is 7.69. The van der Waals surface area contributed by atoms with E-state index < -0.39 is 0 Å². The van der Waals surface area contributed by atoms with Crippen molar-refractivity contribution in [1.29, 1.82) is 0 Å². The summed E-state index contributed by atoms with van der Waals surface area (Å²) in [5.74, 6) is 1.26. The number of hydrogen-bond acceptors (Lipinski definition) is 5. The van der Waals surface area contributed by atoms with Crippen LogP contribution in [0.15, 0.2) is 81.0 Å². The molecule has 5 nitrogen and oxygen atoms in total. The largest absolute Gasteiger partial charge is 0.457 e. The highest BCUT2D eigenvalue weighted by atomic mass is 32.2. The normalized spacial score (nSPS) is 18.0. The zero-order valence-corrected chi connectivity index (χ0v) is 18.1. The fourth-order valence-corrected chi connectivity index (χ4v) is 4.78. The summed E-state index contributed by atoms with van der Waals surface area (Å²) in [7, 11) is 0. The van der Waals surface area contributed by atoms with E-state index in [4.69, 9.17) is 4.42 Å². The lowest BCUT2D eigenvalue weighted by Gasteiger charge is -2.36. The van der Waals surface area contributed by atoms with Crippen molar-refractivity contribution >= 4 is 34.6 Å². The molecule has 156 valence electrons. The minimum Gasteiger partial charge on any atom is -0.457 e. The number of anilines is 1. The summed E-state index contributed by atoms with van der Waals surface area (Å²) in [5.41, 5.74) is 3.54. The molecule has 6 heteroatoms. The quantitative estimate of drug-likeness (QED) is 0.546. The van der Waals surface area contributed by atoms with Gasteiger partial charge in [0.25, 0.3) is 5.91 Å². The number of aliphatic imine (C=N–C) groups is 1. The molecule has 1 amide bonds. The molecule has 31 heavy (non-hydrogen) atoms. The molecule has 3 aromatic rings. The summed E-state index contributed by atoms with van der Waals surface area (Å²) < 4.78 is 5.92. The minimum absolute atomic E-state index is 0.196. The topological polar surface area (TPSA) is 49.0 Å². The average molecular weight is 430 g/mol. The van der Waals surface area contributed by atoms with Crippen LogP contribution >= 0.6 is 11.8 Å². The number of furan rings is 1. The van der Waals surface area contributed by atoms with Gasteiger partial charge in [0, 0.05) is 43.5 Å². The number of carbonyl (C=O) groups excluding carboxylic acids is 1. The molecular formula is C25H23N3O2S. The van der Waals surface area contributed by atoms with Crippen LogP contribution in [0, 0.1) is 6.92 Å². The number of carbonyl (C=O) groups is 1. The van der Waals surface area contributed by atoms with Crippen LogP contribution in [0.3, 0.4) is 0 Å². The standard InChI is InChI=1S/C25H23N3O2S/c1-18-6-5-9-20(16-18)27-12-14-28(15-13-27)25-26-24(29)23(31-25)17-21-10-11-22(30-21)19-7-3-2-4-8-19/h2-11,16-17H,12-15H2,1H3/b23-17-. The molecule has 2 aliphatic heterocycles. The Bertz CT molecular complexity index is 1160. The maximum Gasteiger partial charge on any atom is 0.286 e. The van der Waals surface area contributed by atoms with Crippen LogP contribution in [0.5, 0.6) is 0 Å². The van der Waals surface area contributed by atoms with Crippen LogP contribution in [-0.4, -0.2) is 42.2 Å². The lowest BCUT2D eigenvalue weighted by atomic mass is 10.2. The molecule has 2 aromatic carbocycles. The SMILES string of the molecule is Cc1cccc(N2CCN(C3=NC(=O)/C(=C/c4ccc(-c5ccccc5)o4)S3)CC2)c1. The first-order valence-corrected chi connectivity index (χ1v) is 11.2. The molecule has 0 N–H and O–H groups in total. The summed E-state index contributed by atoms with van der Waals surface area (Å²) in [6.07, 6.45) is 1.79. The third kappa shape index (κ3) is 4.30. The van der Waals surface area contributed by atoms with E-state index >= 15 is 0 Å². The van der Waals surface area contributed by atoms with Gasteiger partial charge in [0.15, 0.2) is 5.17 Å². The van der Waals surface area contributed by atoms with E-state index in [0.29, 0.717) is 10.7 Å². The Balaban J connectivity index is 1.23. The van der Waals surface area contributed by atoms with Crippen LogP contribution in [0.2, 0.25) is 0 Å². The maximum absolute atomic E-state index is 12.5. The molecule has 5 rings (SSSR count). The van der Waals surface area contributed by atoms with E-state index in [2.05, 4.69) is 46.0 Å². The molecular weight excluding hydrogens is 406 g/mol. The van der Waals surface area contributed by atoms with E-state index in [9.17, 15) is 4.79 Å². The third-order valence-electron chi connectivity index (χ3n) is 5.48. The second-order valence-corrected chi connectivity index (χ2v) is 8.70. The number of thioether (sulfide) groups is 1. The van der Waals surface area contributed by atoms with Gasteiger partial charge >= 0.3 is 0 Å². The smallest absolute Gasteiger partial charge is 0.286 e. The van der Waals surface area contributed by atoms with Crippen molar-refractivity contribution in [3.05, 3.63) is 83.0 Å². The van der Waals surface area contributed by atoms with Gasteiger partial charge in [-0.25, -0.2) is 0 Å². The summed E-state index contributed by atoms with van der Waals surface area (Å²) in [6.45, 7) is 5.63. The average Bonchev–Trinajstić information content (AvgIpc) is 3.42. The Morgan fingerprint density at radius 2 is 1.71 bits per heavy atom. The van der Waals surface area contributed by atoms with Crippen molar-refractivity contribution in [3.8, 4) is 11.3 Å². The number of aryl methyl sites for hydroxylation is 1. The number of nitrogens with zero attached hydrogens (tertiary/aromatic N) is 3. The molecule has 3 heterocycles. The molecule has 0 aliphatic carbocycles. The van der Waals surface area contributed by atoms with Crippen LogP contribution in [-0.2, 0) is 4.79 Å². The minimum atomic E-state index is -0.196. The van der Waals surface area contributed by atoms with Gasteiger partial charge in [0.2, 0.25) is 0 Å². The van der Waals surface area contributed by atoms with Gasteiger partial charge in [-0.2, -0.15) is 4.99 Å². The highest BCUT2D eigenvalue weighted by Crippen LogP contribution is 2.32. The Morgan fingerprint density at radius 3 is 2.48 bits per heavy atom. The Hall–Kier alpha value is -3.25. The van der Waals surface area contributed by atoms with Crippen LogP contribution in [0.4, 0.5) is 5.69 Å². The lowest BCUT2D eigenvalue weighted by molar-refractivity contribution is -0.113. The Kier molecular flexibility index (Phi) is 5.38. The summed E-state index contributed by atoms with van der Waals surface area (Å²) >= 11 is 1.43.